The summed E-state index contributed by atoms with van der Waals surface area (Å²) in [6.07, 6.45) is 5.15. The van der Waals surface area contributed by atoms with Crippen LogP contribution in [0.4, 0.5) is 5.69 Å². The van der Waals surface area contributed by atoms with Crippen molar-refractivity contribution in [3.63, 3.8) is 0 Å². The largest absolute Gasteiger partial charge is 0.312 e. The third kappa shape index (κ3) is 4.14. The number of hydrogen-bond donors (Lipinski definition) is 0. The van der Waals surface area contributed by atoms with E-state index in [2.05, 4.69) is 11.1 Å². The van der Waals surface area contributed by atoms with E-state index in [1.807, 2.05) is 48.2 Å². The number of carbonyl (C=O) groups is 1. The second-order valence-corrected chi connectivity index (χ2v) is 9.56. The molecule has 0 spiro atoms. The fraction of sp³-hybridized carbons (Fsp3) is 0.250. The van der Waals surface area contributed by atoms with Crippen molar-refractivity contribution in [2.45, 2.75) is 31.1 Å². The minimum atomic E-state index is -3.36. The Balaban J connectivity index is 1.50. The fourth-order valence-corrected chi connectivity index (χ4v) is 5.09. The molecular formula is C24H24N2O3S. The third-order valence-corrected chi connectivity index (χ3v) is 7.24. The van der Waals surface area contributed by atoms with Crippen LogP contribution in [0.2, 0.25) is 0 Å². The number of pyridine rings is 1. The topological polar surface area (TPSA) is 67.3 Å². The Bertz CT molecular complexity index is 1160. The molecule has 4 rings (SSSR count). The van der Waals surface area contributed by atoms with Gasteiger partial charge in [0.05, 0.1) is 10.6 Å². The van der Waals surface area contributed by atoms with Crippen molar-refractivity contribution in [2.24, 2.45) is 0 Å². The molecule has 0 saturated heterocycles. The van der Waals surface area contributed by atoms with Gasteiger partial charge in [-0.25, -0.2) is 8.42 Å². The van der Waals surface area contributed by atoms with Gasteiger partial charge in [0, 0.05) is 31.0 Å². The predicted molar refractivity (Wildman–Crippen MR) is 118 cm³/mol. The third-order valence-electron chi connectivity index (χ3n) is 5.51. The quantitative estimate of drug-likeness (QED) is 0.603. The number of fused-ring (bicyclic) bond motifs is 1. The lowest BCUT2D eigenvalue weighted by atomic mass is 10.0. The number of benzene rings is 2. The second-order valence-electron chi connectivity index (χ2n) is 7.45. The van der Waals surface area contributed by atoms with Gasteiger partial charge in [-0.3, -0.25) is 9.78 Å². The minimum absolute atomic E-state index is 0.0537. The maximum atomic E-state index is 12.7. The van der Waals surface area contributed by atoms with Gasteiger partial charge in [-0.2, -0.15) is 0 Å². The molecule has 0 radical (unpaired) electrons. The average molecular weight is 421 g/mol. The number of amides is 1. The first kappa shape index (κ1) is 20.3. The van der Waals surface area contributed by atoms with Crippen LogP contribution in [0.5, 0.6) is 0 Å². The van der Waals surface area contributed by atoms with Crippen molar-refractivity contribution in [1.29, 1.82) is 0 Å². The zero-order chi connectivity index (χ0) is 21.1. The maximum Gasteiger partial charge on any atom is 0.226 e. The van der Waals surface area contributed by atoms with Crippen LogP contribution in [0.1, 0.15) is 24.5 Å². The summed E-state index contributed by atoms with van der Waals surface area (Å²) in [5, 5.41) is 0. The molecule has 2 heterocycles. The number of anilines is 1. The minimum Gasteiger partial charge on any atom is -0.312 e. The highest BCUT2D eigenvalue weighted by molar-refractivity contribution is 7.91. The number of aryl methyl sites for hydroxylation is 1. The Morgan fingerprint density at radius 1 is 1.07 bits per heavy atom. The van der Waals surface area contributed by atoms with Crippen LogP contribution in [0, 0.1) is 0 Å². The molecule has 5 nitrogen and oxygen atoms in total. The molecule has 0 saturated carbocycles. The SMILES string of the molecule is CCC(=O)N1CCc2cc(-c3ccc(S(=O)(=O)CCc4cccnc4)cc3)ccc21. The standard InChI is InChI=1S/C24H24N2O3S/c1-2-24(27)26-14-11-21-16-20(7-10-23(21)26)19-5-8-22(9-6-19)30(28,29)15-12-18-4-3-13-25-17-18/h3-10,13,16-17H,2,11-12,14-15H2,1H3. The zero-order valence-electron chi connectivity index (χ0n) is 16.9. The molecule has 1 aromatic heterocycles. The number of sulfone groups is 1. The number of nitrogens with zero attached hydrogens (tertiary/aromatic N) is 2. The van der Waals surface area contributed by atoms with Crippen LogP contribution in [-0.2, 0) is 27.5 Å². The molecule has 0 atom stereocenters. The van der Waals surface area contributed by atoms with Crippen molar-refractivity contribution in [3.05, 3.63) is 78.1 Å². The Morgan fingerprint density at radius 3 is 2.53 bits per heavy atom. The summed E-state index contributed by atoms with van der Waals surface area (Å²) < 4.78 is 25.4. The number of rotatable bonds is 6. The molecule has 1 amide bonds. The van der Waals surface area contributed by atoms with Crippen molar-refractivity contribution >= 4 is 21.4 Å². The summed E-state index contributed by atoms with van der Waals surface area (Å²) in [6.45, 7) is 2.60. The average Bonchev–Trinajstić information content (AvgIpc) is 3.21. The Labute approximate surface area is 177 Å². The predicted octanol–water partition coefficient (Wildman–Crippen LogP) is 4.06. The van der Waals surface area contributed by atoms with Crippen molar-refractivity contribution < 1.29 is 13.2 Å². The lowest BCUT2D eigenvalue weighted by Crippen LogP contribution is -2.27. The van der Waals surface area contributed by atoms with Crippen LogP contribution in [0.15, 0.2) is 71.9 Å². The van der Waals surface area contributed by atoms with E-state index in [9.17, 15) is 13.2 Å². The smallest absolute Gasteiger partial charge is 0.226 e. The first-order valence-corrected chi connectivity index (χ1v) is 11.8. The highest BCUT2D eigenvalue weighted by Crippen LogP contribution is 2.33. The van der Waals surface area contributed by atoms with Gasteiger partial charge >= 0.3 is 0 Å². The van der Waals surface area contributed by atoms with E-state index in [1.54, 1.807) is 24.5 Å². The molecule has 1 aliphatic heterocycles. The number of hydrogen-bond acceptors (Lipinski definition) is 4. The van der Waals surface area contributed by atoms with E-state index in [0.29, 0.717) is 17.7 Å². The van der Waals surface area contributed by atoms with Crippen LogP contribution in [-0.4, -0.2) is 31.6 Å². The molecular weight excluding hydrogens is 396 g/mol. The molecule has 154 valence electrons. The van der Waals surface area contributed by atoms with Crippen LogP contribution in [0.25, 0.3) is 11.1 Å². The van der Waals surface area contributed by atoms with E-state index >= 15 is 0 Å². The van der Waals surface area contributed by atoms with Gasteiger partial charge in [0.2, 0.25) is 5.91 Å². The molecule has 0 N–H and O–H groups in total. The fourth-order valence-electron chi connectivity index (χ4n) is 3.80. The molecule has 30 heavy (non-hydrogen) atoms. The first-order valence-electron chi connectivity index (χ1n) is 10.1. The Hall–Kier alpha value is -2.99. The van der Waals surface area contributed by atoms with Gasteiger partial charge in [0.15, 0.2) is 9.84 Å². The highest BCUT2D eigenvalue weighted by Gasteiger charge is 2.23. The van der Waals surface area contributed by atoms with Crippen LogP contribution >= 0.6 is 0 Å². The number of aromatic nitrogens is 1. The van der Waals surface area contributed by atoms with Gasteiger partial charge < -0.3 is 4.90 Å². The van der Waals surface area contributed by atoms with Gasteiger partial charge in [-0.15, -0.1) is 0 Å². The summed E-state index contributed by atoms with van der Waals surface area (Å²) >= 11 is 0. The molecule has 2 aromatic carbocycles. The summed E-state index contributed by atoms with van der Waals surface area (Å²) in [5.41, 5.74) is 5.04. The molecule has 3 aromatic rings. The van der Waals surface area contributed by atoms with Crippen molar-refractivity contribution in [1.82, 2.24) is 4.98 Å². The van der Waals surface area contributed by atoms with Crippen LogP contribution in [0.3, 0.4) is 0 Å². The molecule has 0 unspecified atom stereocenters. The van der Waals surface area contributed by atoms with Crippen molar-refractivity contribution in [3.8, 4) is 11.1 Å². The van der Waals surface area contributed by atoms with E-state index in [1.165, 1.54) is 0 Å². The first-order chi connectivity index (χ1) is 14.5. The lowest BCUT2D eigenvalue weighted by Gasteiger charge is -2.16. The lowest BCUT2D eigenvalue weighted by molar-refractivity contribution is -0.118. The van der Waals surface area contributed by atoms with Gasteiger partial charge in [-0.05, 0) is 65.4 Å². The summed E-state index contributed by atoms with van der Waals surface area (Å²) in [4.78, 5) is 18.3. The van der Waals surface area contributed by atoms with Gasteiger partial charge in [0.25, 0.3) is 0 Å². The number of carbonyl (C=O) groups excluding carboxylic acids is 1. The van der Waals surface area contributed by atoms with E-state index < -0.39 is 9.84 Å². The van der Waals surface area contributed by atoms with Gasteiger partial charge in [-0.1, -0.05) is 31.2 Å². The zero-order valence-corrected chi connectivity index (χ0v) is 17.7. The molecule has 0 aliphatic carbocycles. The van der Waals surface area contributed by atoms with Crippen LogP contribution < -0.4 is 4.90 Å². The second kappa shape index (κ2) is 8.40. The van der Waals surface area contributed by atoms with E-state index in [-0.39, 0.29) is 11.7 Å². The Morgan fingerprint density at radius 2 is 1.83 bits per heavy atom. The van der Waals surface area contributed by atoms with Crippen molar-refractivity contribution in [2.75, 3.05) is 17.2 Å². The summed E-state index contributed by atoms with van der Waals surface area (Å²) in [7, 11) is -3.36. The molecule has 0 bridgehead atoms. The van der Waals surface area contributed by atoms with E-state index in [4.69, 9.17) is 0 Å². The van der Waals surface area contributed by atoms with E-state index in [0.717, 1.165) is 40.9 Å². The highest BCUT2D eigenvalue weighted by atomic mass is 32.2. The maximum absolute atomic E-state index is 12.7. The Kier molecular flexibility index (Phi) is 5.68. The van der Waals surface area contributed by atoms with Gasteiger partial charge in [0.1, 0.15) is 0 Å². The summed E-state index contributed by atoms with van der Waals surface area (Å²) in [5.74, 6) is 0.195. The molecule has 6 heteroatoms. The molecule has 1 aliphatic rings. The summed E-state index contributed by atoms with van der Waals surface area (Å²) in [6, 6.07) is 16.8. The normalized spacial score (nSPS) is 13.3. The monoisotopic (exact) mass is 420 g/mol. The molecule has 0 fully saturated rings.